The molecule has 0 aliphatic heterocycles. The predicted octanol–water partition coefficient (Wildman–Crippen LogP) is 3.53. The average Bonchev–Trinajstić information content (AvgIpc) is 3.15. The normalized spacial score (nSPS) is 14.3. The second kappa shape index (κ2) is 5.12. The Bertz CT molecular complexity index is 617. The van der Waals surface area contributed by atoms with Gasteiger partial charge in [-0.15, -0.1) is 0 Å². The molecule has 1 aromatic carbocycles. The minimum atomic E-state index is -0.428. The highest BCUT2D eigenvalue weighted by atomic mass is 19.1. The number of furan rings is 1. The van der Waals surface area contributed by atoms with Gasteiger partial charge in [-0.3, -0.25) is 4.79 Å². The zero-order valence-electron chi connectivity index (χ0n) is 11.3. The van der Waals surface area contributed by atoms with E-state index in [4.69, 9.17) is 4.42 Å². The molecule has 1 aliphatic carbocycles. The molecular formula is C16H16FNO2. The molecule has 3 nitrogen and oxygen atoms in total. The number of benzene rings is 1. The van der Waals surface area contributed by atoms with E-state index < -0.39 is 5.82 Å². The number of aryl methyl sites for hydroxylation is 1. The van der Waals surface area contributed by atoms with Crippen LogP contribution < -0.4 is 0 Å². The van der Waals surface area contributed by atoms with Gasteiger partial charge in [-0.25, -0.2) is 4.39 Å². The Kier molecular flexibility index (Phi) is 3.30. The van der Waals surface area contributed by atoms with E-state index in [1.54, 1.807) is 42.4 Å². The van der Waals surface area contributed by atoms with E-state index in [1.165, 1.54) is 0 Å². The molecule has 0 spiro atoms. The molecule has 0 saturated heterocycles. The van der Waals surface area contributed by atoms with Crippen LogP contribution in [0, 0.1) is 12.7 Å². The van der Waals surface area contributed by atoms with Crippen LogP contribution in [0.25, 0.3) is 0 Å². The molecule has 1 aromatic heterocycles. The maximum Gasteiger partial charge on any atom is 0.257 e. The molecule has 1 aliphatic rings. The Morgan fingerprint density at radius 3 is 2.80 bits per heavy atom. The second-order valence-corrected chi connectivity index (χ2v) is 5.18. The van der Waals surface area contributed by atoms with E-state index in [0.29, 0.717) is 12.1 Å². The van der Waals surface area contributed by atoms with Gasteiger partial charge in [0, 0.05) is 6.04 Å². The van der Waals surface area contributed by atoms with Crippen molar-refractivity contribution in [3.8, 4) is 0 Å². The fourth-order valence-electron chi connectivity index (χ4n) is 2.29. The highest BCUT2D eigenvalue weighted by Crippen LogP contribution is 2.30. The molecule has 4 heteroatoms. The van der Waals surface area contributed by atoms with Crippen molar-refractivity contribution >= 4 is 5.91 Å². The van der Waals surface area contributed by atoms with Gasteiger partial charge in [0.05, 0.1) is 18.4 Å². The molecule has 104 valence electrons. The lowest BCUT2D eigenvalue weighted by atomic mass is 10.1. The van der Waals surface area contributed by atoms with Gasteiger partial charge in [0.1, 0.15) is 11.6 Å². The molecule has 1 heterocycles. The molecule has 0 bridgehead atoms. The van der Waals surface area contributed by atoms with E-state index in [0.717, 1.165) is 18.6 Å². The van der Waals surface area contributed by atoms with Gasteiger partial charge in [-0.2, -0.15) is 0 Å². The van der Waals surface area contributed by atoms with Crippen molar-refractivity contribution < 1.29 is 13.6 Å². The third kappa shape index (κ3) is 2.46. The molecule has 1 fully saturated rings. The van der Waals surface area contributed by atoms with Crippen LogP contribution in [-0.4, -0.2) is 16.8 Å². The quantitative estimate of drug-likeness (QED) is 0.853. The maximum atomic E-state index is 14.1. The van der Waals surface area contributed by atoms with Gasteiger partial charge >= 0.3 is 0 Å². The third-order valence-electron chi connectivity index (χ3n) is 3.58. The Morgan fingerprint density at radius 1 is 1.35 bits per heavy atom. The number of carbonyl (C=O) groups is 1. The molecular weight excluding hydrogens is 257 g/mol. The van der Waals surface area contributed by atoms with E-state index in [-0.39, 0.29) is 17.5 Å². The number of hydrogen-bond donors (Lipinski definition) is 0. The van der Waals surface area contributed by atoms with Crippen molar-refractivity contribution in [2.24, 2.45) is 0 Å². The fourth-order valence-corrected chi connectivity index (χ4v) is 2.29. The van der Waals surface area contributed by atoms with Gasteiger partial charge in [0.25, 0.3) is 5.91 Å². The minimum Gasteiger partial charge on any atom is -0.467 e. The average molecular weight is 273 g/mol. The topological polar surface area (TPSA) is 33.5 Å². The SMILES string of the molecule is Cc1cccc(C(=O)N(Cc2ccco2)C2CC2)c1F. The summed E-state index contributed by atoms with van der Waals surface area (Å²) in [6, 6.07) is 8.74. The summed E-state index contributed by atoms with van der Waals surface area (Å²) in [4.78, 5) is 14.3. The standard InChI is InChI=1S/C16H16FNO2/c1-11-4-2-6-14(15(11)17)16(19)18(12-7-8-12)10-13-5-3-9-20-13/h2-6,9,12H,7-8,10H2,1H3. The fraction of sp³-hybridized carbons (Fsp3) is 0.312. The Balaban J connectivity index is 1.87. The number of hydrogen-bond acceptors (Lipinski definition) is 2. The summed E-state index contributed by atoms with van der Waals surface area (Å²) in [6.07, 6.45) is 3.53. The number of halogens is 1. The lowest BCUT2D eigenvalue weighted by molar-refractivity contribution is 0.0712. The van der Waals surface area contributed by atoms with Gasteiger partial charge in [-0.05, 0) is 43.5 Å². The Labute approximate surface area is 117 Å². The summed E-state index contributed by atoms with van der Waals surface area (Å²) in [5.74, 6) is 0.0333. The first kappa shape index (κ1) is 12.9. The summed E-state index contributed by atoms with van der Waals surface area (Å²) in [6.45, 7) is 2.06. The zero-order valence-corrected chi connectivity index (χ0v) is 11.3. The van der Waals surface area contributed by atoms with Crippen molar-refractivity contribution in [2.75, 3.05) is 0 Å². The molecule has 3 rings (SSSR count). The van der Waals surface area contributed by atoms with Crippen LogP contribution in [0.3, 0.4) is 0 Å². The summed E-state index contributed by atoms with van der Waals surface area (Å²) in [7, 11) is 0. The first-order valence-electron chi connectivity index (χ1n) is 6.75. The van der Waals surface area contributed by atoms with Gasteiger partial charge in [0.2, 0.25) is 0 Å². The number of rotatable bonds is 4. The van der Waals surface area contributed by atoms with Crippen molar-refractivity contribution in [1.82, 2.24) is 4.90 Å². The van der Waals surface area contributed by atoms with Crippen LogP contribution in [0.15, 0.2) is 41.0 Å². The molecule has 0 unspecified atom stereocenters. The first-order valence-corrected chi connectivity index (χ1v) is 6.75. The summed E-state index contributed by atoms with van der Waals surface area (Å²) >= 11 is 0. The van der Waals surface area contributed by atoms with Crippen LogP contribution in [0.4, 0.5) is 4.39 Å². The van der Waals surface area contributed by atoms with Gasteiger partial charge < -0.3 is 9.32 Å². The van der Waals surface area contributed by atoms with Gasteiger partial charge in [-0.1, -0.05) is 12.1 Å². The van der Waals surface area contributed by atoms with Crippen LogP contribution in [0.5, 0.6) is 0 Å². The zero-order chi connectivity index (χ0) is 14.1. The van der Waals surface area contributed by atoms with Crippen molar-refractivity contribution in [3.05, 3.63) is 59.3 Å². The first-order chi connectivity index (χ1) is 9.66. The number of amides is 1. The lowest BCUT2D eigenvalue weighted by Gasteiger charge is -2.22. The van der Waals surface area contributed by atoms with Crippen molar-refractivity contribution in [3.63, 3.8) is 0 Å². The second-order valence-electron chi connectivity index (χ2n) is 5.18. The molecule has 1 saturated carbocycles. The van der Waals surface area contributed by atoms with E-state index in [1.807, 2.05) is 6.07 Å². The molecule has 0 atom stereocenters. The van der Waals surface area contributed by atoms with Crippen LogP contribution >= 0.6 is 0 Å². The van der Waals surface area contributed by atoms with E-state index in [2.05, 4.69) is 0 Å². The smallest absolute Gasteiger partial charge is 0.257 e. The van der Waals surface area contributed by atoms with Crippen LogP contribution in [0.2, 0.25) is 0 Å². The van der Waals surface area contributed by atoms with Crippen LogP contribution in [0.1, 0.15) is 34.5 Å². The van der Waals surface area contributed by atoms with E-state index >= 15 is 0 Å². The monoisotopic (exact) mass is 273 g/mol. The predicted molar refractivity (Wildman–Crippen MR) is 72.7 cm³/mol. The molecule has 0 N–H and O–H groups in total. The number of nitrogens with zero attached hydrogens (tertiary/aromatic N) is 1. The molecule has 1 amide bonds. The molecule has 20 heavy (non-hydrogen) atoms. The Morgan fingerprint density at radius 2 is 2.15 bits per heavy atom. The summed E-state index contributed by atoms with van der Waals surface area (Å²) < 4.78 is 19.4. The third-order valence-corrected chi connectivity index (χ3v) is 3.58. The maximum absolute atomic E-state index is 14.1. The van der Waals surface area contributed by atoms with E-state index in [9.17, 15) is 9.18 Å². The van der Waals surface area contributed by atoms with Crippen molar-refractivity contribution in [2.45, 2.75) is 32.4 Å². The lowest BCUT2D eigenvalue weighted by Crippen LogP contribution is -2.33. The van der Waals surface area contributed by atoms with Gasteiger partial charge in [0.15, 0.2) is 0 Å². The minimum absolute atomic E-state index is 0.142. The van der Waals surface area contributed by atoms with Crippen molar-refractivity contribution in [1.29, 1.82) is 0 Å². The summed E-state index contributed by atoms with van der Waals surface area (Å²) in [5.41, 5.74) is 0.632. The highest BCUT2D eigenvalue weighted by Gasteiger charge is 2.34. The number of carbonyl (C=O) groups excluding carboxylic acids is 1. The summed E-state index contributed by atoms with van der Waals surface area (Å²) in [5, 5.41) is 0. The van der Waals surface area contributed by atoms with Crippen LogP contribution in [-0.2, 0) is 6.54 Å². The molecule has 2 aromatic rings. The largest absolute Gasteiger partial charge is 0.467 e. The molecule has 0 radical (unpaired) electrons. The Hall–Kier alpha value is -2.10. The highest BCUT2D eigenvalue weighted by molar-refractivity contribution is 5.95.